The monoisotopic (exact) mass is 289 g/mol. The van der Waals surface area contributed by atoms with Crippen molar-refractivity contribution in [1.82, 2.24) is 14.9 Å². The van der Waals surface area contributed by atoms with Crippen LogP contribution in [-0.4, -0.2) is 56.1 Å². The average molecular weight is 289 g/mol. The lowest BCUT2D eigenvalue weighted by Crippen LogP contribution is -2.55. The molecule has 1 amide bonds. The number of nitrogens with one attached hydrogen (secondary N) is 2. The number of carbonyl (C=O) groups is 1. The van der Waals surface area contributed by atoms with E-state index >= 15 is 0 Å². The molecule has 2 aliphatic heterocycles. The molecule has 2 N–H and O–H groups in total. The normalized spacial score (nSPS) is 30.4. The van der Waals surface area contributed by atoms with Gasteiger partial charge >= 0.3 is 0 Å². The largest absolute Gasteiger partial charge is 0.352 e. The van der Waals surface area contributed by atoms with Crippen molar-refractivity contribution in [3.8, 4) is 0 Å². The fraction of sp³-hybridized carbons (Fsp3) is 0.917. The quantitative estimate of drug-likeness (QED) is 0.745. The second-order valence-electron chi connectivity index (χ2n) is 5.77. The van der Waals surface area contributed by atoms with Crippen molar-refractivity contribution in [1.29, 1.82) is 0 Å². The topological polar surface area (TPSA) is 78.5 Å². The second-order valence-corrected chi connectivity index (χ2v) is 7.75. The Balaban J connectivity index is 1.84. The van der Waals surface area contributed by atoms with Gasteiger partial charge in [-0.3, -0.25) is 4.79 Å². The summed E-state index contributed by atoms with van der Waals surface area (Å²) in [6.45, 7) is 3.80. The number of hydrogen-bond donors (Lipinski definition) is 2. The molecule has 1 unspecified atom stereocenters. The van der Waals surface area contributed by atoms with Gasteiger partial charge < -0.3 is 10.6 Å². The molecule has 0 aromatic rings. The molecule has 2 heterocycles. The summed E-state index contributed by atoms with van der Waals surface area (Å²) in [6, 6.07) is 0.0877. The Bertz CT molecular complexity index is 435. The average Bonchev–Trinajstić information content (AvgIpc) is 2.77. The van der Waals surface area contributed by atoms with Gasteiger partial charge in [0.1, 0.15) is 0 Å². The van der Waals surface area contributed by atoms with Crippen molar-refractivity contribution >= 4 is 15.9 Å². The van der Waals surface area contributed by atoms with Crippen LogP contribution in [0.2, 0.25) is 0 Å². The number of rotatable bonds is 3. The van der Waals surface area contributed by atoms with Crippen LogP contribution in [0.4, 0.5) is 0 Å². The molecule has 0 aromatic heterocycles. The molecule has 1 atom stereocenters. The Morgan fingerprint density at radius 2 is 2.00 bits per heavy atom. The lowest BCUT2D eigenvalue weighted by atomic mass is 9.97. The minimum atomic E-state index is -3.10. The molecule has 0 aliphatic carbocycles. The highest BCUT2D eigenvalue weighted by atomic mass is 32.2. The van der Waals surface area contributed by atoms with Crippen molar-refractivity contribution < 1.29 is 13.2 Å². The van der Waals surface area contributed by atoms with Crippen molar-refractivity contribution in [2.45, 2.75) is 44.2 Å². The maximum Gasteiger partial charge on any atom is 0.240 e. The van der Waals surface area contributed by atoms with Crippen LogP contribution in [0.3, 0.4) is 0 Å². The first kappa shape index (κ1) is 14.7. The van der Waals surface area contributed by atoms with Gasteiger partial charge in [-0.15, -0.1) is 0 Å². The molecule has 0 spiro atoms. The standard InChI is InChI=1S/C12H23N3O3S/c1-12(6-3-7-13-12)11(16)14-10-4-8-15(9-5-10)19(2,17)18/h10,13H,3-9H2,1-2H3,(H,14,16). The molecule has 2 saturated heterocycles. The molecule has 7 heteroatoms. The lowest BCUT2D eigenvalue weighted by molar-refractivity contribution is -0.127. The summed E-state index contributed by atoms with van der Waals surface area (Å²) in [7, 11) is -3.10. The van der Waals surface area contributed by atoms with Gasteiger partial charge in [0.25, 0.3) is 0 Å². The highest BCUT2D eigenvalue weighted by Gasteiger charge is 2.37. The molecular weight excluding hydrogens is 266 g/mol. The molecule has 6 nitrogen and oxygen atoms in total. The van der Waals surface area contributed by atoms with Crippen LogP contribution >= 0.6 is 0 Å². The fourth-order valence-corrected chi connectivity index (χ4v) is 3.64. The number of piperidine rings is 1. The van der Waals surface area contributed by atoms with Gasteiger partial charge in [0, 0.05) is 19.1 Å². The third-order valence-corrected chi connectivity index (χ3v) is 5.43. The van der Waals surface area contributed by atoms with Crippen LogP contribution in [0.1, 0.15) is 32.6 Å². The van der Waals surface area contributed by atoms with Crippen molar-refractivity contribution in [2.75, 3.05) is 25.9 Å². The van der Waals surface area contributed by atoms with E-state index in [1.165, 1.54) is 10.6 Å². The molecule has 0 aromatic carbocycles. The summed E-state index contributed by atoms with van der Waals surface area (Å²) in [5.41, 5.74) is -0.450. The van der Waals surface area contributed by atoms with E-state index in [4.69, 9.17) is 0 Å². The highest BCUT2D eigenvalue weighted by molar-refractivity contribution is 7.88. The Morgan fingerprint density at radius 3 is 2.47 bits per heavy atom. The minimum Gasteiger partial charge on any atom is -0.352 e. The summed E-state index contributed by atoms with van der Waals surface area (Å²) < 4.78 is 24.3. The van der Waals surface area contributed by atoms with E-state index in [0.717, 1.165) is 19.4 Å². The molecule has 2 rings (SSSR count). The molecule has 0 saturated carbocycles. The Morgan fingerprint density at radius 1 is 1.37 bits per heavy atom. The first-order valence-electron chi connectivity index (χ1n) is 6.82. The van der Waals surface area contributed by atoms with Crippen LogP contribution in [-0.2, 0) is 14.8 Å². The van der Waals surface area contributed by atoms with Gasteiger partial charge in [0.05, 0.1) is 11.8 Å². The van der Waals surface area contributed by atoms with Gasteiger partial charge in [0.2, 0.25) is 15.9 Å². The second kappa shape index (κ2) is 5.38. The third-order valence-electron chi connectivity index (χ3n) is 4.13. The van der Waals surface area contributed by atoms with Gasteiger partial charge in [-0.05, 0) is 39.2 Å². The number of hydrogen-bond acceptors (Lipinski definition) is 4. The summed E-state index contributed by atoms with van der Waals surface area (Å²) in [5.74, 6) is 0.0443. The smallest absolute Gasteiger partial charge is 0.240 e. The zero-order valence-corrected chi connectivity index (χ0v) is 12.4. The Kier molecular flexibility index (Phi) is 4.17. The first-order chi connectivity index (χ1) is 8.81. The Hall–Kier alpha value is -0.660. The van der Waals surface area contributed by atoms with E-state index in [0.29, 0.717) is 25.9 Å². The predicted octanol–water partition coefficient (Wildman–Crippen LogP) is -0.331. The number of nitrogens with zero attached hydrogens (tertiary/aromatic N) is 1. The molecule has 110 valence electrons. The third kappa shape index (κ3) is 3.46. The van der Waals surface area contributed by atoms with E-state index in [9.17, 15) is 13.2 Å². The number of carbonyl (C=O) groups excluding carboxylic acids is 1. The van der Waals surface area contributed by atoms with Crippen LogP contribution < -0.4 is 10.6 Å². The lowest BCUT2D eigenvalue weighted by Gasteiger charge is -2.33. The summed E-state index contributed by atoms with van der Waals surface area (Å²) in [5, 5.41) is 6.29. The molecule has 19 heavy (non-hydrogen) atoms. The maximum atomic E-state index is 12.2. The summed E-state index contributed by atoms with van der Waals surface area (Å²) in [4.78, 5) is 12.2. The SMILES string of the molecule is CC1(C(=O)NC2CCN(S(C)(=O)=O)CC2)CCCN1. The maximum absolute atomic E-state index is 12.2. The predicted molar refractivity (Wildman–Crippen MR) is 73.2 cm³/mol. The minimum absolute atomic E-state index is 0.0443. The van der Waals surface area contributed by atoms with E-state index in [-0.39, 0.29) is 11.9 Å². The first-order valence-corrected chi connectivity index (χ1v) is 8.67. The van der Waals surface area contributed by atoms with Gasteiger partial charge in [-0.2, -0.15) is 0 Å². The van der Waals surface area contributed by atoms with Crippen LogP contribution in [0.25, 0.3) is 0 Å². The highest BCUT2D eigenvalue weighted by Crippen LogP contribution is 2.20. The number of sulfonamides is 1. The van der Waals surface area contributed by atoms with E-state index in [1.807, 2.05) is 6.92 Å². The van der Waals surface area contributed by atoms with E-state index in [2.05, 4.69) is 10.6 Å². The van der Waals surface area contributed by atoms with Crippen molar-refractivity contribution in [3.63, 3.8) is 0 Å². The molecule has 0 bridgehead atoms. The molecule has 0 radical (unpaired) electrons. The Labute approximate surface area is 115 Å². The summed E-state index contributed by atoms with van der Waals surface area (Å²) in [6.07, 6.45) is 4.50. The molecule has 2 aliphatic rings. The van der Waals surface area contributed by atoms with Gasteiger partial charge in [-0.25, -0.2) is 12.7 Å². The van der Waals surface area contributed by atoms with E-state index in [1.54, 1.807) is 0 Å². The zero-order valence-electron chi connectivity index (χ0n) is 11.6. The van der Waals surface area contributed by atoms with Crippen molar-refractivity contribution in [3.05, 3.63) is 0 Å². The molecular formula is C12H23N3O3S. The van der Waals surface area contributed by atoms with Gasteiger partial charge in [0.15, 0.2) is 0 Å². The van der Waals surface area contributed by atoms with Gasteiger partial charge in [-0.1, -0.05) is 0 Å². The summed E-state index contributed by atoms with van der Waals surface area (Å²) >= 11 is 0. The van der Waals surface area contributed by atoms with Crippen molar-refractivity contribution in [2.24, 2.45) is 0 Å². The zero-order chi connectivity index (χ0) is 14.1. The van der Waals surface area contributed by atoms with Crippen LogP contribution in [0.5, 0.6) is 0 Å². The number of amides is 1. The van der Waals surface area contributed by atoms with Crippen LogP contribution in [0.15, 0.2) is 0 Å². The van der Waals surface area contributed by atoms with Crippen LogP contribution in [0, 0.1) is 0 Å². The fourth-order valence-electron chi connectivity index (χ4n) is 2.76. The van der Waals surface area contributed by atoms with E-state index < -0.39 is 15.6 Å². The molecule has 2 fully saturated rings.